The molecule has 1 aliphatic carbocycles. The Kier molecular flexibility index (Phi) is 5.09. The highest BCUT2D eigenvalue weighted by atomic mass is 32.2. The van der Waals surface area contributed by atoms with E-state index in [4.69, 9.17) is 0 Å². The van der Waals surface area contributed by atoms with Crippen LogP contribution in [-0.2, 0) is 19.7 Å². The van der Waals surface area contributed by atoms with Crippen molar-refractivity contribution in [2.45, 2.75) is 51.7 Å². The molecule has 0 atom stereocenters. The summed E-state index contributed by atoms with van der Waals surface area (Å²) >= 11 is 0. The minimum atomic E-state index is -3.93. The number of nitrogens with one attached hydrogen (secondary N) is 2. The highest BCUT2D eigenvalue weighted by Gasteiger charge is 2.24. The summed E-state index contributed by atoms with van der Waals surface area (Å²) in [5.41, 5.74) is 0. The molecule has 0 saturated heterocycles. The van der Waals surface area contributed by atoms with Crippen LogP contribution in [0.5, 0.6) is 0 Å². The lowest BCUT2D eigenvalue weighted by molar-refractivity contribution is -0.120. The highest BCUT2D eigenvalue weighted by Crippen LogP contribution is 2.15. The van der Waals surface area contributed by atoms with Gasteiger partial charge in [-0.05, 0) is 26.7 Å². The molecule has 0 bridgehead atoms. The molecule has 0 heterocycles. The molecule has 0 aromatic carbocycles. The molecule has 0 aromatic rings. The molecule has 1 rings (SSSR count). The zero-order valence-corrected chi connectivity index (χ0v) is 11.2. The average molecular weight is 278 g/mol. The Morgan fingerprint density at radius 3 is 2.39 bits per heavy atom. The van der Waals surface area contributed by atoms with Gasteiger partial charge in [0.15, 0.2) is 0 Å². The lowest BCUT2D eigenvalue weighted by Crippen LogP contribution is -2.46. The predicted molar refractivity (Wildman–Crippen MR) is 64.1 cm³/mol. The van der Waals surface area contributed by atoms with Gasteiger partial charge in [0.1, 0.15) is 5.78 Å². The zero-order valence-electron chi connectivity index (χ0n) is 10.4. The van der Waals surface area contributed by atoms with Gasteiger partial charge in [-0.1, -0.05) is 0 Å². The smallest absolute Gasteiger partial charge is 0.422 e. The molecule has 1 aliphatic rings. The van der Waals surface area contributed by atoms with E-state index in [1.807, 2.05) is 0 Å². The average Bonchev–Trinajstić information content (AvgIpc) is 2.18. The fourth-order valence-corrected chi connectivity index (χ4v) is 2.66. The van der Waals surface area contributed by atoms with Crippen molar-refractivity contribution >= 4 is 22.1 Å². The topological polar surface area (TPSA) is 102 Å². The Morgan fingerprint density at radius 2 is 1.89 bits per heavy atom. The number of amides is 1. The van der Waals surface area contributed by atoms with Gasteiger partial charge in [-0.2, -0.15) is 13.1 Å². The summed E-state index contributed by atoms with van der Waals surface area (Å²) in [7, 11) is -3.93. The second-order valence-corrected chi connectivity index (χ2v) is 5.94. The molecular formula is C10H18N2O5S. The third-order valence-electron chi connectivity index (χ3n) is 2.43. The molecule has 0 spiro atoms. The second-order valence-electron chi connectivity index (χ2n) is 4.49. The third kappa shape index (κ3) is 5.46. The summed E-state index contributed by atoms with van der Waals surface area (Å²) in [6.45, 7) is 3.23. The summed E-state index contributed by atoms with van der Waals surface area (Å²) in [5, 5.41) is 0. The lowest BCUT2D eigenvalue weighted by atomic mass is 9.95. The van der Waals surface area contributed by atoms with Crippen molar-refractivity contribution in [2.24, 2.45) is 0 Å². The first kappa shape index (κ1) is 14.9. The first-order valence-corrected chi connectivity index (χ1v) is 7.29. The maximum absolute atomic E-state index is 11.6. The number of ketones is 1. The molecule has 7 nitrogen and oxygen atoms in total. The van der Waals surface area contributed by atoms with E-state index in [2.05, 4.69) is 9.46 Å². The molecule has 0 unspecified atom stereocenters. The van der Waals surface area contributed by atoms with E-state index in [-0.39, 0.29) is 11.8 Å². The molecule has 1 fully saturated rings. The van der Waals surface area contributed by atoms with E-state index in [1.165, 1.54) is 0 Å². The van der Waals surface area contributed by atoms with Gasteiger partial charge in [-0.3, -0.25) is 4.79 Å². The Morgan fingerprint density at radius 1 is 1.33 bits per heavy atom. The van der Waals surface area contributed by atoms with E-state index in [0.717, 1.165) is 0 Å². The van der Waals surface area contributed by atoms with Gasteiger partial charge >= 0.3 is 16.3 Å². The van der Waals surface area contributed by atoms with E-state index < -0.39 is 22.4 Å². The highest BCUT2D eigenvalue weighted by molar-refractivity contribution is 7.88. The minimum absolute atomic E-state index is 0.137. The second kappa shape index (κ2) is 6.14. The van der Waals surface area contributed by atoms with Crippen molar-refractivity contribution in [3.05, 3.63) is 0 Å². The molecule has 104 valence electrons. The number of carbonyl (C=O) groups excluding carboxylic acids is 2. The van der Waals surface area contributed by atoms with Crippen LogP contribution < -0.4 is 9.44 Å². The van der Waals surface area contributed by atoms with E-state index >= 15 is 0 Å². The van der Waals surface area contributed by atoms with Crippen LogP contribution in [0.15, 0.2) is 0 Å². The van der Waals surface area contributed by atoms with Gasteiger partial charge in [0.25, 0.3) is 0 Å². The molecule has 0 aliphatic heterocycles. The van der Waals surface area contributed by atoms with Gasteiger partial charge < -0.3 is 4.74 Å². The summed E-state index contributed by atoms with van der Waals surface area (Å²) in [6.07, 6.45) is 0.238. The summed E-state index contributed by atoms with van der Waals surface area (Å²) < 4.78 is 31.9. The van der Waals surface area contributed by atoms with Crippen LogP contribution in [0.3, 0.4) is 0 Å². The van der Waals surface area contributed by atoms with Gasteiger partial charge in [0.05, 0.1) is 6.10 Å². The van der Waals surface area contributed by atoms with Crippen molar-refractivity contribution in [3.63, 3.8) is 0 Å². The maximum Gasteiger partial charge on any atom is 0.422 e. The van der Waals surface area contributed by atoms with Gasteiger partial charge in [0, 0.05) is 18.9 Å². The van der Waals surface area contributed by atoms with E-state index in [0.29, 0.717) is 25.7 Å². The van der Waals surface area contributed by atoms with Crippen LogP contribution in [0.1, 0.15) is 39.5 Å². The Hall–Kier alpha value is -1.15. The normalized spacial score (nSPS) is 17.8. The molecular weight excluding hydrogens is 260 g/mol. The largest absolute Gasteiger partial charge is 0.446 e. The fourth-order valence-electron chi connectivity index (χ4n) is 1.65. The summed E-state index contributed by atoms with van der Waals surface area (Å²) in [6, 6.07) is -0.313. The van der Waals surface area contributed by atoms with Crippen molar-refractivity contribution in [1.29, 1.82) is 0 Å². The predicted octanol–water partition coefficient (Wildman–Crippen LogP) is 0.467. The van der Waals surface area contributed by atoms with Crippen molar-refractivity contribution in [2.75, 3.05) is 0 Å². The quantitative estimate of drug-likeness (QED) is 0.778. The molecule has 18 heavy (non-hydrogen) atoms. The van der Waals surface area contributed by atoms with Gasteiger partial charge in [-0.15, -0.1) is 0 Å². The number of ether oxygens (including phenoxy) is 1. The van der Waals surface area contributed by atoms with Crippen LogP contribution in [0, 0.1) is 0 Å². The Labute approximate surface area is 106 Å². The van der Waals surface area contributed by atoms with Gasteiger partial charge in [-0.25, -0.2) is 9.52 Å². The van der Waals surface area contributed by atoms with Crippen LogP contribution in [0.2, 0.25) is 0 Å². The number of hydrogen-bond donors (Lipinski definition) is 2. The van der Waals surface area contributed by atoms with E-state index in [1.54, 1.807) is 18.6 Å². The number of hydrogen-bond acceptors (Lipinski definition) is 5. The molecule has 0 radical (unpaired) electrons. The van der Waals surface area contributed by atoms with Crippen molar-refractivity contribution < 1.29 is 22.7 Å². The van der Waals surface area contributed by atoms with E-state index in [9.17, 15) is 18.0 Å². The Bertz CT molecular complexity index is 408. The molecule has 1 saturated carbocycles. The first-order chi connectivity index (χ1) is 8.28. The fraction of sp³-hybridized carbons (Fsp3) is 0.800. The van der Waals surface area contributed by atoms with Crippen LogP contribution in [0.25, 0.3) is 0 Å². The molecule has 1 amide bonds. The minimum Gasteiger partial charge on any atom is -0.446 e. The summed E-state index contributed by atoms with van der Waals surface area (Å²) in [5.74, 6) is 0.137. The molecule has 2 N–H and O–H groups in total. The number of carbonyl (C=O) groups is 2. The first-order valence-electron chi connectivity index (χ1n) is 5.81. The molecule has 8 heteroatoms. The zero-order chi connectivity index (χ0) is 13.8. The van der Waals surface area contributed by atoms with Crippen LogP contribution in [0.4, 0.5) is 4.79 Å². The molecule has 0 aromatic heterocycles. The van der Waals surface area contributed by atoms with Gasteiger partial charge in [0.2, 0.25) is 0 Å². The maximum atomic E-state index is 11.6. The Balaban J connectivity index is 2.44. The number of rotatable bonds is 4. The van der Waals surface area contributed by atoms with Crippen molar-refractivity contribution in [3.8, 4) is 0 Å². The lowest BCUT2D eigenvalue weighted by Gasteiger charge is -2.22. The third-order valence-corrected chi connectivity index (χ3v) is 3.50. The van der Waals surface area contributed by atoms with Crippen LogP contribution in [-0.4, -0.2) is 32.4 Å². The SMILES string of the molecule is CC(C)OC(=O)NS(=O)(=O)NC1CCC(=O)CC1. The number of Topliss-reactive ketones (excluding diaryl/α,β-unsaturated/α-hetero) is 1. The standard InChI is InChI=1S/C10H18N2O5S/c1-7(2)17-10(14)12-18(15,16)11-8-3-5-9(13)6-4-8/h7-8,11H,3-6H2,1-2H3,(H,12,14). The van der Waals surface area contributed by atoms with Crippen LogP contribution >= 0.6 is 0 Å². The monoisotopic (exact) mass is 278 g/mol. The van der Waals surface area contributed by atoms with Crippen molar-refractivity contribution in [1.82, 2.24) is 9.44 Å². The summed E-state index contributed by atoms with van der Waals surface area (Å²) in [4.78, 5) is 22.2.